The monoisotopic (exact) mass is 351 g/mol. The first kappa shape index (κ1) is 17.5. The van der Waals surface area contributed by atoms with Gasteiger partial charge in [-0.15, -0.1) is 5.10 Å². The molecule has 1 saturated heterocycles. The minimum absolute atomic E-state index is 0.0147. The standard InChI is InChI=1S/C14H13N3O6S/c1-23-13(22)8-4-7(2-3-9(8)18)6-15-17-14-16-12(21)10(24-14)5-11(19)20/h2-4,6,10,18H,5H2,1H3,(H,19,20)(H,16,17,21). The zero-order valence-corrected chi connectivity index (χ0v) is 13.2. The average Bonchev–Trinajstić information content (AvgIpc) is 2.87. The summed E-state index contributed by atoms with van der Waals surface area (Å²) in [7, 11) is 1.20. The van der Waals surface area contributed by atoms with Gasteiger partial charge in [0.1, 0.15) is 16.6 Å². The minimum atomic E-state index is -1.08. The third-order valence-corrected chi connectivity index (χ3v) is 3.99. The van der Waals surface area contributed by atoms with Crippen LogP contribution in [0.2, 0.25) is 0 Å². The van der Waals surface area contributed by atoms with Crippen molar-refractivity contribution in [2.75, 3.05) is 7.11 Å². The number of phenols is 1. The van der Waals surface area contributed by atoms with Crippen LogP contribution in [0.3, 0.4) is 0 Å². The van der Waals surface area contributed by atoms with E-state index in [1.165, 1.54) is 31.5 Å². The molecule has 1 aliphatic rings. The Morgan fingerprint density at radius 3 is 2.88 bits per heavy atom. The van der Waals surface area contributed by atoms with E-state index < -0.39 is 23.1 Å². The van der Waals surface area contributed by atoms with Crippen molar-refractivity contribution in [1.82, 2.24) is 5.32 Å². The largest absolute Gasteiger partial charge is 0.507 e. The van der Waals surface area contributed by atoms with E-state index in [1.807, 2.05) is 0 Å². The molecular weight excluding hydrogens is 338 g/mol. The van der Waals surface area contributed by atoms with Crippen LogP contribution in [0.5, 0.6) is 5.75 Å². The van der Waals surface area contributed by atoms with Gasteiger partial charge in [-0.25, -0.2) is 4.79 Å². The Hall–Kier alpha value is -2.88. The van der Waals surface area contributed by atoms with E-state index in [2.05, 4.69) is 20.3 Å². The molecule has 1 amide bonds. The fourth-order valence-corrected chi connectivity index (χ4v) is 2.72. The van der Waals surface area contributed by atoms with Crippen molar-refractivity contribution in [2.24, 2.45) is 10.2 Å². The first-order valence-corrected chi connectivity index (χ1v) is 7.50. The molecule has 24 heavy (non-hydrogen) atoms. The number of amides is 1. The number of carbonyl (C=O) groups excluding carboxylic acids is 2. The molecule has 0 saturated carbocycles. The van der Waals surface area contributed by atoms with Crippen molar-refractivity contribution in [2.45, 2.75) is 11.7 Å². The van der Waals surface area contributed by atoms with E-state index in [0.717, 1.165) is 11.8 Å². The third-order valence-electron chi connectivity index (χ3n) is 2.92. The highest BCUT2D eigenvalue weighted by atomic mass is 32.2. The number of carbonyl (C=O) groups is 3. The SMILES string of the molecule is COC(=O)c1cc(C=NN=C2NC(=O)C(CC(=O)O)S2)ccc1O. The van der Waals surface area contributed by atoms with Gasteiger partial charge in [-0.1, -0.05) is 11.8 Å². The molecule has 0 bridgehead atoms. The number of methoxy groups -OCH3 is 1. The van der Waals surface area contributed by atoms with E-state index in [4.69, 9.17) is 5.11 Å². The third kappa shape index (κ3) is 4.32. The second kappa shape index (κ2) is 7.59. The van der Waals surface area contributed by atoms with Gasteiger partial charge in [-0.05, 0) is 23.8 Å². The summed E-state index contributed by atoms with van der Waals surface area (Å²) in [6, 6.07) is 4.20. The molecule has 0 aromatic heterocycles. The highest BCUT2D eigenvalue weighted by Crippen LogP contribution is 2.22. The molecule has 0 aliphatic carbocycles. The number of thioether (sulfide) groups is 1. The van der Waals surface area contributed by atoms with Crippen molar-refractivity contribution < 1.29 is 29.3 Å². The van der Waals surface area contributed by atoms with E-state index >= 15 is 0 Å². The van der Waals surface area contributed by atoms with E-state index in [9.17, 15) is 19.5 Å². The summed E-state index contributed by atoms with van der Waals surface area (Å²) in [6.45, 7) is 0. The number of rotatable bonds is 5. The van der Waals surface area contributed by atoms with Gasteiger partial charge in [0.25, 0.3) is 0 Å². The van der Waals surface area contributed by atoms with E-state index in [1.54, 1.807) is 0 Å². The predicted molar refractivity (Wildman–Crippen MR) is 86.2 cm³/mol. The number of esters is 1. The normalized spacial score (nSPS) is 18.8. The molecule has 10 heteroatoms. The summed E-state index contributed by atoms with van der Waals surface area (Å²) >= 11 is 0.977. The zero-order valence-electron chi connectivity index (χ0n) is 12.4. The van der Waals surface area contributed by atoms with Crippen LogP contribution in [0.25, 0.3) is 0 Å². The average molecular weight is 351 g/mol. The lowest BCUT2D eigenvalue weighted by Crippen LogP contribution is -2.26. The number of amidine groups is 1. The van der Waals surface area contributed by atoms with Gasteiger partial charge in [0.05, 0.1) is 19.7 Å². The number of hydrogen-bond acceptors (Lipinski definition) is 8. The number of aromatic hydroxyl groups is 1. The molecule has 1 atom stereocenters. The Morgan fingerprint density at radius 2 is 2.21 bits per heavy atom. The van der Waals surface area contributed by atoms with Crippen LogP contribution in [0.4, 0.5) is 0 Å². The van der Waals surface area contributed by atoms with Crippen LogP contribution in [-0.2, 0) is 14.3 Å². The lowest BCUT2D eigenvalue weighted by molar-refractivity contribution is -0.138. The van der Waals surface area contributed by atoms with Gasteiger partial charge < -0.3 is 20.3 Å². The van der Waals surface area contributed by atoms with Gasteiger partial charge in [-0.3, -0.25) is 9.59 Å². The molecule has 1 aromatic carbocycles. The first-order chi connectivity index (χ1) is 11.4. The highest BCUT2D eigenvalue weighted by molar-refractivity contribution is 8.15. The molecule has 1 heterocycles. The van der Waals surface area contributed by atoms with Crippen LogP contribution in [0.15, 0.2) is 28.4 Å². The molecule has 1 aromatic rings. The maximum absolute atomic E-state index is 11.5. The van der Waals surface area contributed by atoms with Crippen molar-refractivity contribution >= 4 is 41.0 Å². The molecule has 1 fully saturated rings. The molecule has 3 N–H and O–H groups in total. The Bertz CT molecular complexity index is 746. The van der Waals surface area contributed by atoms with Crippen LogP contribution < -0.4 is 5.32 Å². The molecule has 126 valence electrons. The number of aliphatic carboxylic acids is 1. The predicted octanol–water partition coefficient (Wildman–Crippen LogP) is 0.575. The topological polar surface area (TPSA) is 138 Å². The van der Waals surface area contributed by atoms with E-state index in [-0.39, 0.29) is 22.9 Å². The Kier molecular flexibility index (Phi) is 5.53. The van der Waals surface area contributed by atoms with Gasteiger partial charge >= 0.3 is 11.9 Å². The summed E-state index contributed by atoms with van der Waals surface area (Å²) < 4.78 is 4.54. The number of hydrogen-bond donors (Lipinski definition) is 3. The van der Waals surface area contributed by atoms with Crippen LogP contribution >= 0.6 is 11.8 Å². The summed E-state index contributed by atoms with van der Waals surface area (Å²) in [5, 5.41) is 27.7. The molecular formula is C14H13N3O6S. The molecule has 1 aliphatic heterocycles. The van der Waals surface area contributed by atoms with E-state index in [0.29, 0.717) is 5.56 Å². The molecule has 9 nitrogen and oxygen atoms in total. The summed E-state index contributed by atoms with van der Waals surface area (Å²) in [4.78, 5) is 33.6. The van der Waals surface area contributed by atoms with Crippen LogP contribution in [-0.4, -0.2) is 51.8 Å². The minimum Gasteiger partial charge on any atom is -0.507 e. The number of carboxylic acid groups (broad SMARTS) is 1. The van der Waals surface area contributed by atoms with Gasteiger partial charge in [0, 0.05) is 0 Å². The number of nitrogens with zero attached hydrogens (tertiary/aromatic N) is 2. The van der Waals surface area contributed by atoms with Gasteiger partial charge in [0.2, 0.25) is 5.91 Å². The fourth-order valence-electron chi connectivity index (χ4n) is 1.80. The smallest absolute Gasteiger partial charge is 0.341 e. The lowest BCUT2D eigenvalue weighted by atomic mass is 10.1. The van der Waals surface area contributed by atoms with Crippen LogP contribution in [0, 0.1) is 0 Å². The number of carboxylic acids is 1. The summed E-state index contributed by atoms with van der Waals surface area (Å²) in [5.74, 6) is -2.43. The van der Waals surface area contributed by atoms with Gasteiger partial charge in [-0.2, -0.15) is 5.10 Å². The summed E-state index contributed by atoms with van der Waals surface area (Å²) in [5.41, 5.74) is 0.466. The number of ether oxygens (including phenoxy) is 1. The quantitative estimate of drug-likeness (QED) is 0.400. The Balaban J connectivity index is 2.08. The van der Waals surface area contributed by atoms with Crippen molar-refractivity contribution in [1.29, 1.82) is 0 Å². The Morgan fingerprint density at radius 1 is 1.46 bits per heavy atom. The van der Waals surface area contributed by atoms with Gasteiger partial charge in [0.15, 0.2) is 5.17 Å². The fraction of sp³-hybridized carbons (Fsp3) is 0.214. The molecule has 0 radical (unpaired) electrons. The number of nitrogens with one attached hydrogen (secondary N) is 1. The first-order valence-electron chi connectivity index (χ1n) is 6.62. The summed E-state index contributed by atoms with van der Waals surface area (Å²) in [6.07, 6.45) is 1.01. The molecule has 1 unspecified atom stereocenters. The number of benzene rings is 1. The van der Waals surface area contributed by atoms with Crippen molar-refractivity contribution in [3.8, 4) is 5.75 Å². The second-order valence-electron chi connectivity index (χ2n) is 4.61. The molecule has 2 rings (SSSR count). The maximum Gasteiger partial charge on any atom is 0.341 e. The highest BCUT2D eigenvalue weighted by Gasteiger charge is 2.32. The second-order valence-corrected chi connectivity index (χ2v) is 5.80. The maximum atomic E-state index is 11.5. The Labute approximate surface area is 140 Å². The lowest BCUT2D eigenvalue weighted by Gasteiger charge is -2.02. The zero-order chi connectivity index (χ0) is 17.7. The van der Waals surface area contributed by atoms with Crippen molar-refractivity contribution in [3.63, 3.8) is 0 Å². The van der Waals surface area contributed by atoms with Crippen LogP contribution in [0.1, 0.15) is 22.3 Å². The van der Waals surface area contributed by atoms with Crippen molar-refractivity contribution in [3.05, 3.63) is 29.3 Å². The number of phenolic OH excluding ortho intramolecular Hbond substituents is 1. The molecule has 0 spiro atoms.